The Kier molecular flexibility index (Phi) is 5.54. The summed E-state index contributed by atoms with van der Waals surface area (Å²) < 4.78 is 0. The van der Waals surface area contributed by atoms with Crippen molar-refractivity contribution in [1.82, 2.24) is 4.90 Å². The lowest BCUT2D eigenvalue weighted by molar-refractivity contribution is 0.0697. The van der Waals surface area contributed by atoms with Gasteiger partial charge in [-0.1, -0.05) is 35.9 Å². The van der Waals surface area contributed by atoms with Gasteiger partial charge >= 0.3 is 5.97 Å². The highest BCUT2D eigenvalue weighted by molar-refractivity contribution is 6.30. The Hall–Kier alpha value is -1.84. The summed E-state index contributed by atoms with van der Waals surface area (Å²) in [6.07, 6.45) is 3.65. The Bertz CT molecular complexity index is 678. The number of nitrogens with zero attached hydrogens (tertiary/aromatic N) is 1. The number of hydrogen-bond acceptors (Lipinski definition) is 2. The molecule has 1 fully saturated rings. The Morgan fingerprint density at radius 1 is 1.04 bits per heavy atom. The van der Waals surface area contributed by atoms with Crippen LogP contribution in [-0.2, 0) is 13.0 Å². The van der Waals surface area contributed by atoms with Crippen molar-refractivity contribution in [2.75, 3.05) is 13.1 Å². The van der Waals surface area contributed by atoms with Gasteiger partial charge in [0, 0.05) is 24.7 Å². The third-order valence-electron chi connectivity index (χ3n) is 4.45. The lowest BCUT2D eigenvalue weighted by atomic mass is 10.1. The van der Waals surface area contributed by atoms with E-state index in [1.165, 1.54) is 18.4 Å². The normalized spacial score (nSPS) is 14.1. The van der Waals surface area contributed by atoms with Crippen LogP contribution < -0.4 is 0 Å². The number of rotatable bonds is 8. The van der Waals surface area contributed by atoms with Gasteiger partial charge < -0.3 is 5.11 Å². The molecule has 2 aromatic rings. The first-order chi connectivity index (χ1) is 11.6. The van der Waals surface area contributed by atoms with E-state index in [-0.39, 0.29) is 0 Å². The van der Waals surface area contributed by atoms with E-state index < -0.39 is 5.97 Å². The summed E-state index contributed by atoms with van der Waals surface area (Å²) in [7, 11) is 0. The van der Waals surface area contributed by atoms with Gasteiger partial charge in [0.2, 0.25) is 0 Å². The molecule has 24 heavy (non-hydrogen) atoms. The second-order valence-electron chi connectivity index (χ2n) is 6.56. The predicted octanol–water partition coefficient (Wildman–Crippen LogP) is 4.49. The van der Waals surface area contributed by atoms with Crippen molar-refractivity contribution in [2.24, 2.45) is 5.92 Å². The summed E-state index contributed by atoms with van der Waals surface area (Å²) in [5.41, 5.74) is 2.80. The highest BCUT2D eigenvalue weighted by Crippen LogP contribution is 2.30. The maximum absolute atomic E-state index is 11.0. The molecule has 0 bridgehead atoms. The fourth-order valence-electron chi connectivity index (χ4n) is 2.85. The monoisotopic (exact) mass is 343 g/mol. The van der Waals surface area contributed by atoms with Crippen LogP contribution in [0.1, 0.15) is 34.3 Å². The fourth-order valence-corrected chi connectivity index (χ4v) is 2.98. The van der Waals surface area contributed by atoms with Gasteiger partial charge in [0.25, 0.3) is 0 Å². The summed E-state index contributed by atoms with van der Waals surface area (Å²) in [5, 5.41) is 9.77. The van der Waals surface area contributed by atoms with Crippen molar-refractivity contribution in [3.05, 3.63) is 70.2 Å². The molecule has 0 spiro atoms. The first kappa shape index (κ1) is 17.0. The number of carboxylic acids is 1. The molecule has 1 aliphatic rings. The highest BCUT2D eigenvalue weighted by Gasteiger charge is 2.24. The Labute approximate surface area is 147 Å². The molecular weight excluding hydrogens is 322 g/mol. The minimum Gasteiger partial charge on any atom is -0.478 e. The van der Waals surface area contributed by atoms with Crippen LogP contribution in [-0.4, -0.2) is 29.1 Å². The van der Waals surface area contributed by atoms with Crippen LogP contribution in [0.5, 0.6) is 0 Å². The molecule has 1 N–H and O–H groups in total. The summed E-state index contributed by atoms with van der Waals surface area (Å²) in [5.74, 6) is -0.0485. The Morgan fingerprint density at radius 2 is 1.67 bits per heavy atom. The number of carboxylic acid groups (broad SMARTS) is 1. The molecular formula is C20H22ClNO2. The number of carbonyl (C=O) groups is 1. The number of halogens is 1. The molecule has 0 heterocycles. The van der Waals surface area contributed by atoms with Gasteiger partial charge in [-0.2, -0.15) is 0 Å². The molecule has 0 aromatic heterocycles. The van der Waals surface area contributed by atoms with E-state index in [2.05, 4.69) is 17.0 Å². The zero-order valence-electron chi connectivity index (χ0n) is 13.6. The second kappa shape index (κ2) is 7.82. The summed E-state index contributed by atoms with van der Waals surface area (Å²) in [6, 6.07) is 15.3. The standard InChI is InChI=1S/C20H22ClNO2/c21-19-9-5-15(6-10-19)11-12-22(13-16-1-2-16)14-17-3-7-18(8-4-17)20(23)24/h3-10,16H,1-2,11-14H2,(H,23,24). The van der Waals surface area contributed by atoms with Crippen molar-refractivity contribution in [3.63, 3.8) is 0 Å². The van der Waals surface area contributed by atoms with Gasteiger partial charge in [0.05, 0.1) is 5.56 Å². The average Bonchev–Trinajstić information content (AvgIpc) is 3.38. The molecule has 0 amide bonds. The summed E-state index contributed by atoms with van der Waals surface area (Å²) in [6.45, 7) is 2.98. The van der Waals surface area contributed by atoms with Gasteiger partial charge in [0.15, 0.2) is 0 Å². The van der Waals surface area contributed by atoms with Crippen LogP contribution in [0.15, 0.2) is 48.5 Å². The molecule has 0 saturated heterocycles. The molecule has 126 valence electrons. The lowest BCUT2D eigenvalue weighted by Crippen LogP contribution is -2.28. The number of aromatic carboxylic acids is 1. The molecule has 0 radical (unpaired) electrons. The molecule has 3 nitrogen and oxygen atoms in total. The Morgan fingerprint density at radius 3 is 2.25 bits per heavy atom. The van der Waals surface area contributed by atoms with E-state index in [1.54, 1.807) is 12.1 Å². The van der Waals surface area contributed by atoms with Crippen molar-refractivity contribution < 1.29 is 9.90 Å². The van der Waals surface area contributed by atoms with Gasteiger partial charge in [-0.05, 0) is 60.6 Å². The van der Waals surface area contributed by atoms with Crippen LogP contribution in [0.2, 0.25) is 5.02 Å². The first-order valence-corrected chi connectivity index (χ1v) is 8.77. The topological polar surface area (TPSA) is 40.5 Å². The van der Waals surface area contributed by atoms with Crippen LogP contribution >= 0.6 is 11.6 Å². The third kappa shape index (κ3) is 5.08. The molecule has 2 aromatic carbocycles. The SMILES string of the molecule is O=C(O)c1ccc(CN(CCc2ccc(Cl)cc2)CC2CC2)cc1. The average molecular weight is 344 g/mol. The van der Waals surface area contributed by atoms with Gasteiger partial charge in [-0.25, -0.2) is 4.79 Å². The van der Waals surface area contributed by atoms with Crippen LogP contribution in [0.25, 0.3) is 0 Å². The molecule has 0 atom stereocenters. The molecule has 1 aliphatic carbocycles. The zero-order valence-corrected chi connectivity index (χ0v) is 14.4. The second-order valence-corrected chi connectivity index (χ2v) is 6.99. The first-order valence-electron chi connectivity index (χ1n) is 8.39. The van der Waals surface area contributed by atoms with Gasteiger partial charge in [-0.3, -0.25) is 4.90 Å². The van der Waals surface area contributed by atoms with Gasteiger partial charge in [-0.15, -0.1) is 0 Å². The van der Waals surface area contributed by atoms with E-state index in [0.29, 0.717) is 5.56 Å². The van der Waals surface area contributed by atoms with E-state index in [9.17, 15) is 4.79 Å². The highest BCUT2D eigenvalue weighted by atomic mass is 35.5. The summed E-state index contributed by atoms with van der Waals surface area (Å²) >= 11 is 5.94. The number of hydrogen-bond donors (Lipinski definition) is 1. The quantitative estimate of drug-likeness (QED) is 0.767. The van der Waals surface area contributed by atoms with E-state index in [1.807, 2.05) is 24.3 Å². The van der Waals surface area contributed by atoms with Crippen LogP contribution in [0, 0.1) is 5.92 Å². The van der Waals surface area contributed by atoms with Crippen molar-refractivity contribution >= 4 is 17.6 Å². The zero-order chi connectivity index (χ0) is 16.9. The minimum absolute atomic E-state index is 0.341. The van der Waals surface area contributed by atoms with Crippen molar-refractivity contribution in [2.45, 2.75) is 25.8 Å². The minimum atomic E-state index is -0.876. The van der Waals surface area contributed by atoms with Crippen LogP contribution in [0.3, 0.4) is 0 Å². The van der Waals surface area contributed by atoms with Gasteiger partial charge in [0.1, 0.15) is 0 Å². The van der Waals surface area contributed by atoms with E-state index in [4.69, 9.17) is 16.7 Å². The van der Waals surface area contributed by atoms with Crippen LogP contribution in [0.4, 0.5) is 0 Å². The van der Waals surface area contributed by atoms with Crippen molar-refractivity contribution in [1.29, 1.82) is 0 Å². The smallest absolute Gasteiger partial charge is 0.335 e. The largest absolute Gasteiger partial charge is 0.478 e. The van der Waals surface area contributed by atoms with Crippen molar-refractivity contribution in [3.8, 4) is 0 Å². The molecule has 3 rings (SSSR count). The molecule has 1 saturated carbocycles. The predicted molar refractivity (Wildman–Crippen MR) is 96.6 cm³/mol. The third-order valence-corrected chi connectivity index (χ3v) is 4.70. The Balaban J connectivity index is 1.60. The lowest BCUT2D eigenvalue weighted by Gasteiger charge is -2.22. The fraction of sp³-hybridized carbons (Fsp3) is 0.350. The summed E-state index contributed by atoms with van der Waals surface area (Å²) in [4.78, 5) is 13.4. The van der Waals surface area contributed by atoms with E-state index >= 15 is 0 Å². The maximum Gasteiger partial charge on any atom is 0.335 e. The van der Waals surface area contributed by atoms with E-state index in [0.717, 1.165) is 42.6 Å². The molecule has 4 heteroatoms. The molecule has 0 unspecified atom stereocenters. The maximum atomic E-state index is 11.0. The number of benzene rings is 2. The molecule has 0 aliphatic heterocycles.